The molecule has 3 aliphatic heterocycles. The molecule has 8 nitrogen and oxygen atoms in total. The minimum absolute atomic E-state index is 0.00860. The zero-order chi connectivity index (χ0) is 25.8. The van der Waals surface area contributed by atoms with Gasteiger partial charge in [0.2, 0.25) is 5.91 Å². The van der Waals surface area contributed by atoms with Crippen molar-refractivity contribution in [3.63, 3.8) is 0 Å². The fourth-order valence-corrected chi connectivity index (χ4v) is 5.08. The van der Waals surface area contributed by atoms with Crippen molar-refractivity contribution in [1.82, 2.24) is 4.90 Å². The first-order valence-electron chi connectivity index (χ1n) is 13.1. The largest absolute Gasteiger partial charge is 0.493 e. The van der Waals surface area contributed by atoms with E-state index in [9.17, 15) is 9.59 Å². The molecule has 0 N–H and O–H groups in total. The Morgan fingerprint density at radius 2 is 1.95 bits per heavy atom. The van der Waals surface area contributed by atoms with Gasteiger partial charge in [0.25, 0.3) is 5.91 Å². The molecule has 3 aliphatic rings. The van der Waals surface area contributed by atoms with Crippen molar-refractivity contribution in [2.24, 2.45) is 5.41 Å². The first-order chi connectivity index (χ1) is 17.9. The minimum atomic E-state index is -0.0628. The van der Waals surface area contributed by atoms with E-state index in [2.05, 4.69) is 6.92 Å². The minimum Gasteiger partial charge on any atom is -0.493 e. The molecule has 2 amide bonds. The molecule has 0 spiro atoms. The molecule has 0 radical (unpaired) electrons. The van der Waals surface area contributed by atoms with Gasteiger partial charge in [-0.15, -0.1) is 0 Å². The molecule has 2 aromatic carbocycles. The summed E-state index contributed by atoms with van der Waals surface area (Å²) in [7, 11) is 1.63. The highest BCUT2D eigenvalue weighted by Crippen LogP contribution is 2.33. The van der Waals surface area contributed by atoms with Gasteiger partial charge in [-0.25, -0.2) is 0 Å². The SMILES string of the molecule is COc1ccc(CN(CC2CCCO2)C(=O)c2ccc(N3CCCC3=O)cc2)cc1OCC1(C)COC1. The fourth-order valence-electron chi connectivity index (χ4n) is 5.08. The molecule has 0 saturated carbocycles. The van der Waals surface area contributed by atoms with Crippen LogP contribution in [0.25, 0.3) is 0 Å². The van der Waals surface area contributed by atoms with Crippen molar-refractivity contribution in [1.29, 1.82) is 0 Å². The van der Waals surface area contributed by atoms with Crippen LogP contribution in [0.1, 0.15) is 48.5 Å². The lowest BCUT2D eigenvalue weighted by Crippen LogP contribution is -2.44. The topological polar surface area (TPSA) is 77.5 Å². The number of carbonyl (C=O) groups is 2. The van der Waals surface area contributed by atoms with E-state index in [0.717, 1.165) is 43.7 Å². The van der Waals surface area contributed by atoms with Crippen LogP contribution in [-0.4, -0.2) is 69.4 Å². The third-order valence-corrected chi connectivity index (χ3v) is 7.31. The van der Waals surface area contributed by atoms with Crippen molar-refractivity contribution in [2.45, 2.75) is 45.3 Å². The van der Waals surface area contributed by atoms with Crippen LogP contribution in [0.5, 0.6) is 11.5 Å². The van der Waals surface area contributed by atoms with Crippen LogP contribution < -0.4 is 14.4 Å². The van der Waals surface area contributed by atoms with Gasteiger partial charge in [-0.2, -0.15) is 0 Å². The maximum absolute atomic E-state index is 13.7. The summed E-state index contributed by atoms with van der Waals surface area (Å²) in [6.07, 6.45) is 3.43. The lowest BCUT2D eigenvalue weighted by atomic mass is 9.90. The van der Waals surface area contributed by atoms with Gasteiger partial charge in [0.15, 0.2) is 11.5 Å². The summed E-state index contributed by atoms with van der Waals surface area (Å²) < 4.78 is 22.9. The van der Waals surface area contributed by atoms with Crippen LogP contribution in [0.15, 0.2) is 42.5 Å². The second-order valence-corrected chi connectivity index (χ2v) is 10.6. The van der Waals surface area contributed by atoms with E-state index in [1.807, 2.05) is 47.4 Å². The van der Waals surface area contributed by atoms with Crippen molar-refractivity contribution in [3.8, 4) is 11.5 Å². The smallest absolute Gasteiger partial charge is 0.254 e. The van der Waals surface area contributed by atoms with Gasteiger partial charge in [0.1, 0.15) is 0 Å². The molecule has 3 fully saturated rings. The quantitative estimate of drug-likeness (QED) is 0.482. The number of rotatable bonds is 10. The second kappa shape index (κ2) is 11.1. The summed E-state index contributed by atoms with van der Waals surface area (Å²) in [5.74, 6) is 1.40. The Labute approximate surface area is 218 Å². The van der Waals surface area contributed by atoms with Crippen molar-refractivity contribution >= 4 is 17.5 Å². The van der Waals surface area contributed by atoms with Crippen LogP contribution in [0.2, 0.25) is 0 Å². The van der Waals surface area contributed by atoms with E-state index in [-0.39, 0.29) is 23.3 Å². The summed E-state index contributed by atoms with van der Waals surface area (Å²) in [6, 6.07) is 13.2. The molecule has 1 atom stereocenters. The Hall–Kier alpha value is -3.10. The van der Waals surface area contributed by atoms with E-state index >= 15 is 0 Å². The summed E-state index contributed by atoms with van der Waals surface area (Å²) in [5.41, 5.74) is 2.40. The van der Waals surface area contributed by atoms with E-state index in [4.69, 9.17) is 18.9 Å². The summed E-state index contributed by atoms with van der Waals surface area (Å²) in [4.78, 5) is 29.4. The summed E-state index contributed by atoms with van der Waals surface area (Å²) in [5, 5.41) is 0. The van der Waals surface area contributed by atoms with Crippen LogP contribution in [0.3, 0.4) is 0 Å². The first-order valence-corrected chi connectivity index (χ1v) is 13.1. The highest BCUT2D eigenvalue weighted by Gasteiger charge is 2.34. The molecule has 37 heavy (non-hydrogen) atoms. The fraction of sp³-hybridized carbons (Fsp3) is 0.517. The molecular weight excluding hydrogens is 472 g/mol. The Morgan fingerprint density at radius 1 is 1.14 bits per heavy atom. The molecule has 1 unspecified atom stereocenters. The molecule has 8 heteroatoms. The molecule has 0 aromatic heterocycles. The monoisotopic (exact) mass is 508 g/mol. The summed E-state index contributed by atoms with van der Waals surface area (Å²) >= 11 is 0. The van der Waals surface area contributed by atoms with Gasteiger partial charge in [-0.1, -0.05) is 13.0 Å². The first kappa shape index (κ1) is 25.5. The maximum Gasteiger partial charge on any atom is 0.254 e. The molecule has 3 saturated heterocycles. The number of benzene rings is 2. The van der Waals surface area contributed by atoms with E-state index < -0.39 is 0 Å². The van der Waals surface area contributed by atoms with E-state index in [1.165, 1.54) is 0 Å². The zero-order valence-electron chi connectivity index (χ0n) is 21.7. The van der Waals surface area contributed by atoms with Gasteiger partial charge in [0.05, 0.1) is 33.0 Å². The average molecular weight is 509 g/mol. The van der Waals surface area contributed by atoms with Crippen molar-refractivity contribution in [3.05, 3.63) is 53.6 Å². The predicted molar refractivity (Wildman–Crippen MR) is 139 cm³/mol. The predicted octanol–water partition coefficient (Wildman–Crippen LogP) is 4.06. The van der Waals surface area contributed by atoms with Gasteiger partial charge >= 0.3 is 0 Å². The Bertz CT molecular complexity index is 1110. The van der Waals surface area contributed by atoms with Gasteiger partial charge in [-0.3, -0.25) is 9.59 Å². The molecule has 198 valence electrons. The van der Waals surface area contributed by atoms with Gasteiger partial charge in [0, 0.05) is 49.3 Å². The third-order valence-electron chi connectivity index (χ3n) is 7.31. The van der Waals surface area contributed by atoms with Crippen molar-refractivity contribution < 1.29 is 28.5 Å². The van der Waals surface area contributed by atoms with Crippen LogP contribution >= 0.6 is 0 Å². The maximum atomic E-state index is 13.7. The number of ether oxygens (including phenoxy) is 4. The highest BCUT2D eigenvalue weighted by molar-refractivity contribution is 5.97. The standard InChI is InChI=1S/C29H36N2O6/c1-29(18-35-19-29)20-37-26-15-21(7-12-25(26)34-2)16-30(17-24-5-4-14-36-24)28(33)22-8-10-23(11-9-22)31-13-3-6-27(31)32/h7-12,15,24H,3-6,13-14,16-20H2,1-2H3. The van der Waals surface area contributed by atoms with E-state index in [0.29, 0.717) is 56.4 Å². The van der Waals surface area contributed by atoms with Crippen LogP contribution in [0.4, 0.5) is 5.69 Å². The number of hydrogen-bond donors (Lipinski definition) is 0. The van der Waals surface area contributed by atoms with Crippen LogP contribution in [0, 0.1) is 5.41 Å². The zero-order valence-corrected chi connectivity index (χ0v) is 21.7. The van der Waals surface area contributed by atoms with Crippen LogP contribution in [-0.2, 0) is 20.8 Å². The van der Waals surface area contributed by atoms with Gasteiger partial charge < -0.3 is 28.7 Å². The highest BCUT2D eigenvalue weighted by atomic mass is 16.5. The number of methoxy groups -OCH3 is 1. The number of nitrogens with zero attached hydrogens (tertiary/aromatic N) is 2. The van der Waals surface area contributed by atoms with Gasteiger partial charge in [-0.05, 0) is 61.2 Å². The second-order valence-electron chi connectivity index (χ2n) is 10.6. The van der Waals surface area contributed by atoms with Crippen molar-refractivity contribution in [2.75, 3.05) is 51.5 Å². The number of carbonyl (C=O) groups excluding carboxylic acids is 2. The Balaban J connectivity index is 1.33. The molecule has 2 aromatic rings. The number of amides is 2. The molecule has 0 bridgehead atoms. The lowest BCUT2D eigenvalue weighted by Gasteiger charge is -2.37. The number of hydrogen-bond acceptors (Lipinski definition) is 6. The number of anilines is 1. The Kier molecular flexibility index (Phi) is 7.67. The Morgan fingerprint density at radius 3 is 2.57 bits per heavy atom. The molecular formula is C29H36N2O6. The lowest BCUT2D eigenvalue weighted by molar-refractivity contribution is -0.120. The molecule has 5 rings (SSSR count). The third kappa shape index (κ3) is 5.91. The molecule has 3 heterocycles. The average Bonchev–Trinajstić information content (AvgIpc) is 3.57. The summed E-state index contributed by atoms with van der Waals surface area (Å²) in [6.45, 7) is 6.44. The normalized spacial score (nSPS) is 20.5. The van der Waals surface area contributed by atoms with E-state index in [1.54, 1.807) is 12.0 Å². The molecule has 0 aliphatic carbocycles.